The standard InChI is InChI=1S/C19H35N3O2/c1-15-13-22(14-16(2)24-15)10-4-9-20-18(23)21-12-17-5-3-6-19(11-17)7-8-19/h15-17H,3-14H2,1-2H3,(H2,20,21,23). The maximum absolute atomic E-state index is 12.0. The minimum Gasteiger partial charge on any atom is -0.373 e. The van der Waals surface area contributed by atoms with E-state index in [0.717, 1.165) is 39.1 Å². The summed E-state index contributed by atoms with van der Waals surface area (Å²) >= 11 is 0. The van der Waals surface area contributed by atoms with Gasteiger partial charge in [0.05, 0.1) is 12.2 Å². The van der Waals surface area contributed by atoms with Gasteiger partial charge < -0.3 is 15.4 Å². The zero-order valence-electron chi connectivity index (χ0n) is 15.5. The molecule has 3 fully saturated rings. The summed E-state index contributed by atoms with van der Waals surface area (Å²) in [6, 6.07) is 0.00846. The van der Waals surface area contributed by atoms with E-state index < -0.39 is 0 Å². The predicted octanol–water partition coefficient (Wildman–Crippen LogP) is 2.76. The first-order chi connectivity index (χ1) is 11.5. The number of ether oxygens (including phenoxy) is 1. The molecular weight excluding hydrogens is 302 g/mol. The summed E-state index contributed by atoms with van der Waals surface area (Å²) in [4.78, 5) is 14.4. The fraction of sp³-hybridized carbons (Fsp3) is 0.947. The monoisotopic (exact) mass is 337 g/mol. The molecule has 0 aromatic carbocycles. The van der Waals surface area contributed by atoms with Crippen LogP contribution in [-0.2, 0) is 4.74 Å². The van der Waals surface area contributed by atoms with E-state index >= 15 is 0 Å². The summed E-state index contributed by atoms with van der Waals surface area (Å²) in [6.45, 7) is 8.90. The van der Waals surface area contributed by atoms with Gasteiger partial charge in [-0.25, -0.2) is 4.79 Å². The molecule has 24 heavy (non-hydrogen) atoms. The Morgan fingerprint density at radius 2 is 1.92 bits per heavy atom. The zero-order chi connectivity index (χ0) is 17.0. The first-order valence-electron chi connectivity index (χ1n) is 9.94. The smallest absolute Gasteiger partial charge is 0.314 e. The van der Waals surface area contributed by atoms with Crippen molar-refractivity contribution < 1.29 is 9.53 Å². The first kappa shape index (κ1) is 18.0. The van der Waals surface area contributed by atoms with Gasteiger partial charge in [-0.05, 0) is 63.7 Å². The van der Waals surface area contributed by atoms with Crippen LogP contribution in [0.15, 0.2) is 0 Å². The summed E-state index contributed by atoms with van der Waals surface area (Å²) in [6.07, 6.45) is 9.88. The third-order valence-corrected chi connectivity index (χ3v) is 5.98. The summed E-state index contributed by atoms with van der Waals surface area (Å²) in [5, 5.41) is 6.10. The average molecular weight is 338 g/mol. The number of morpholine rings is 1. The van der Waals surface area contributed by atoms with E-state index in [1.165, 1.54) is 38.5 Å². The Balaban J connectivity index is 1.23. The second-order valence-corrected chi connectivity index (χ2v) is 8.47. The minimum atomic E-state index is 0.00846. The lowest BCUT2D eigenvalue weighted by Gasteiger charge is -2.35. The quantitative estimate of drug-likeness (QED) is 0.733. The van der Waals surface area contributed by atoms with Gasteiger partial charge in [-0.3, -0.25) is 4.90 Å². The van der Waals surface area contributed by atoms with E-state index in [4.69, 9.17) is 4.74 Å². The van der Waals surface area contributed by atoms with Gasteiger partial charge in [0, 0.05) is 32.7 Å². The minimum absolute atomic E-state index is 0.00846. The lowest BCUT2D eigenvalue weighted by atomic mass is 9.79. The van der Waals surface area contributed by atoms with Gasteiger partial charge in [-0.1, -0.05) is 6.42 Å². The molecule has 2 saturated carbocycles. The molecule has 3 rings (SSSR count). The molecule has 1 spiro atoms. The molecule has 1 saturated heterocycles. The predicted molar refractivity (Wildman–Crippen MR) is 96.1 cm³/mol. The van der Waals surface area contributed by atoms with Gasteiger partial charge in [-0.15, -0.1) is 0 Å². The fourth-order valence-corrected chi connectivity index (χ4v) is 4.66. The fourth-order valence-electron chi connectivity index (χ4n) is 4.66. The molecule has 138 valence electrons. The lowest BCUT2D eigenvalue weighted by Crippen LogP contribution is -2.46. The van der Waals surface area contributed by atoms with Gasteiger partial charge in [-0.2, -0.15) is 0 Å². The highest BCUT2D eigenvalue weighted by Crippen LogP contribution is 2.57. The molecule has 0 radical (unpaired) electrons. The average Bonchev–Trinajstić information content (AvgIpc) is 3.27. The maximum atomic E-state index is 12.0. The highest BCUT2D eigenvalue weighted by atomic mass is 16.5. The van der Waals surface area contributed by atoms with E-state index in [1.807, 2.05) is 0 Å². The number of carbonyl (C=O) groups is 1. The van der Waals surface area contributed by atoms with Gasteiger partial charge in [0.1, 0.15) is 0 Å². The van der Waals surface area contributed by atoms with Crippen LogP contribution in [0.2, 0.25) is 0 Å². The number of nitrogens with zero attached hydrogens (tertiary/aromatic N) is 1. The Bertz CT molecular complexity index is 415. The van der Waals surface area contributed by atoms with Crippen LogP contribution in [-0.4, -0.2) is 55.9 Å². The Morgan fingerprint density at radius 1 is 1.17 bits per heavy atom. The Morgan fingerprint density at radius 3 is 2.62 bits per heavy atom. The van der Waals surface area contributed by atoms with E-state index in [1.54, 1.807) is 0 Å². The summed E-state index contributed by atoms with van der Waals surface area (Å²) in [5.74, 6) is 0.698. The van der Waals surface area contributed by atoms with E-state index in [2.05, 4.69) is 29.4 Å². The third-order valence-electron chi connectivity index (χ3n) is 5.98. The molecule has 2 aliphatic carbocycles. The zero-order valence-corrected chi connectivity index (χ0v) is 15.5. The van der Waals surface area contributed by atoms with Crippen molar-refractivity contribution in [1.29, 1.82) is 0 Å². The molecule has 1 heterocycles. The van der Waals surface area contributed by atoms with Crippen molar-refractivity contribution in [2.45, 2.75) is 71.0 Å². The Labute approximate surface area is 146 Å². The second kappa shape index (κ2) is 8.05. The van der Waals surface area contributed by atoms with Crippen LogP contribution in [0.1, 0.15) is 58.8 Å². The van der Waals surface area contributed by atoms with E-state index in [-0.39, 0.29) is 6.03 Å². The summed E-state index contributed by atoms with van der Waals surface area (Å²) in [5.41, 5.74) is 0.688. The van der Waals surface area contributed by atoms with Crippen molar-refractivity contribution in [2.75, 3.05) is 32.7 Å². The number of hydrogen-bond acceptors (Lipinski definition) is 3. The first-order valence-corrected chi connectivity index (χ1v) is 9.94. The molecule has 0 bridgehead atoms. The van der Waals surface area contributed by atoms with Gasteiger partial charge in [0.15, 0.2) is 0 Å². The molecule has 1 aliphatic heterocycles. The number of rotatable bonds is 6. The molecule has 5 nitrogen and oxygen atoms in total. The molecule has 2 amide bonds. The molecule has 2 N–H and O–H groups in total. The van der Waals surface area contributed by atoms with E-state index in [0.29, 0.717) is 23.5 Å². The number of carbonyl (C=O) groups excluding carboxylic acids is 1. The van der Waals surface area contributed by atoms with Crippen LogP contribution in [0.5, 0.6) is 0 Å². The van der Waals surface area contributed by atoms with Gasteiger partial charge in [0.2, 0.25) is 0 Å². The van der Waals surface area contributed by atoms with Crippen LogP contribution >= 0.6 is 0 Å². The molecule has 0 aromatic heterocycles. The van der Waals surface area contributed by atoms with Crippen LogP contribution in [0, 0.1) is 11.3 Å². The van der Waals surface area contributed by atoms with Crippen molar-refractivity contribution in [3.63, 3.8) is 0 Å². The molecule has 3 aliphatic rings. The number of amides is 2. The normalized spacial score (nSPS) is 32.5. The van der Waals surface area contributed by atoms with Crippen molar-refractivity contribution in [2.24, 2.45) is 11.3 Å². The molecule has 5 heteroatoms. The number of hydrogen-bond donors (Lipinski definition) is 2. The molecule has 3 atom stereocenters. The maximum Gasteiger partial charge on any atom is 0.314 e. The van der Waals surface area contributed by atoms with Crippen molar-refractivity contribution in [3.05, 3.63) is 0 Å². The molecular formula is C19H35N3O2. The van der Waals surface area contributed by atoms with Gasteiger partial charge in [0.25, 0.3) is 0 Å². The highest BCUT2D eigenvalue weighted by Gasteiger charge is 2.45. The van der Waals surface area contributed by atoms with Crippen molar-refractivity contribution in [3.8, 4) is 0 Å². The Hall–Kier alpha value is -0.810. The van der Waals surface area contributed by atoms with Crippen LogP contribution < -0.4 is 10.6 Å². The number of urea groups is 1. The molecule has 0 aromatic rings. The summed E-state index contributed by atoms with van der Waals surface area (Å²) < 4.78 is 5.75. The van der Waals surface area contributed by atoms with Gasteiger partial charge >= 0.3 is 6.03 Å². The largest absolute Gasteiger partial charge is 0.373 e. The van der Waals surface area contributed by atoms with Crippen molar-refractivity contribution in [1.82, 2.24) is 15.5 Å². The topological polar surface area (TPSA) is 53.6 Å². The summed E-state index contributed by atoms with van der Waals surface area (Å²) in [7, 11) is 0. The molecule has 3 unspecified atom stereocenters. The SMILES string of the molecule is CC1CN(CCCNC(=O)NCC2CCCC3(CC3)C2)CC(C)O1. The third kappa shape index (κ3) is 5.35. The van der Waals surface area contributed by atoms with Crippen molar-refractivity contribution >= 4 is 6.03 Å². The van der Waals surface area contributed by atoms with Crippen LogP contribution in [0.4, 0.5) is 4.79 Å². The van der Waals surface area contributed by atoms with Crippen LogP contribution in [0.25, 0.3) is 0 Å². The highest BCUT2D eigenvalue weighted by molar-refractivity contribution is 5.73. The lowest BCUT2D eigenvalue weighted by molar-refractivity contribution is -0.0679. The van der Waals surface area contributed by atoms with Crippen LogP contribution in [0.3, 0.4) is 0 Å². The Kier molecular flexibility index (Phi) is 6.03. The number of nitrogens with one attached hydrogen (secondary N) is 2. The van der Waals surface area contributed by atoms with E-state index in [9.17, 15) is 4.79 Å². The second-order valence-electron chi connectivity index (χ2n) is 8.47.